The molecule has 2 atom stereocenters. The lowest BCUT2D eigenvalue weighted by Gasteiger charge is -2.18. The van der Waals surface area contributed by atoms with E-state index < -0.39 is 0 Å². The molecule has 2 aromatic rings. The molecule has 1 aliphatic rings. The maximum atomic E-state index is 3.67. The highest BCUT2D eigenvalue weighted by molar-refractivity contribution is 5.52. The normalized spacial score (nSPS) is 21.4. The number of hydrogen-bond donors (Lipinski definition) is 2. The van der Waals surface area contributed by atoms with E-state index in [-0.39, 0.29) is 0 Å². The highest BCUT2D eigenvalue weighted by atomic mass is 15.0. The van der Waals surface area contributed by atoms with Crippen LogP contribution < -0.4 is 10.6 Å². The molecule has 1 saturated heterocycles. The van der Waals surface area contributed by atoms with E-state index in [1.165, 1.54) is 16.8 Å². The minimum absolute atomic E-state index is 0.731. The van der Waals surface area contributed by atoms with E-state index in [1.54, 1.807) is 0 Å². The molecule has 110 valence electrons. The van der Waals surface area contributed by atoms with Crippen LogP contribution in [0.15, 0.2) is 54.6 Å². The van der Waals surface area contributed by atoms with E-state index in [0.29, 0.717) is 0 Å². The molecule has 0 spiro atoms. The summed E-state index contributed by atoms with van der Waals surface area (Å²) in [4.78, 5) is 0. The lowest BCUT2D eigenvalue weighted by molar-refractivity contribution is 0.474. The van der Waals surface area contributed by atoms with Crippen molar-refractivity contribution in [3.63, 3.8) is 0 Å². The van der Waals surface area contributed by atoms with Crippen molar-refractivity contribution in [2.24, 2.45) is 11.8 Å². The van der Waals surface area contributed by atoms with Gasteiger partial charge in [-0.2, -0.15) is 0 Å². The summed E-state index contributed by atoms with van der Waals surface area (Å²) in [5.41, 5.74) is 4.02. The molecule has 2 nitrogen and oxygen atoms in total. The van der Waals surface area contributed by atoms with Crippen molar-refractivity contribution in [2.75, 3.05) is 25.0 Å². The van der Waals surface area contributed by atoms with Gasteiger partial charge in [0.25, 0.3) is 0 Å². The Balaban J connectivity index is 1.67. The molecule has 0 aromatic heterocycles. The van der Waals surface area contributed by atoms with E-state index in [2.05, 4.69) is 72.2 Å². The number of hydrogen-bond acceptors (Lipinski definition) is 2. The predicted molar refractivity (Wildman–Crippen MR) is 89.7 cm³/mol. The minimum atomic E-state index is 0.731. The number of para-hydroxylation sites is 1. The van der Waals surface area contributed by atoms with Crippen LogP contribution >= 0.6 is 0 Å². The van der Waals surface area contributed by atoms with Crippen molar-refractivity contribution in [1.29, 1.82) is 0 Å². The van der Waals surface area contributed by atoms with Crippen molar-refractivity contribution in [3.8, 4) is 0 Å². The van der Waals surface area contributed by atoms with Gasteiger partial charge in [-0.25, -0.2) is 0 Å². The highest BCUT2D eigenvalue weighted by Gasteiger charge is 2.22. The van der Waals surface area contributed by atoms with Gasteiger partial charge in [-0.15, -0.1) is 0 Å². The van der Waals surface area contributed by atoms with E-state index in [1.807, 2.05) is 0 Å². The Morgan fingerprint density at radius 3 is 2.52 bits per heavy atom. The fourth-order valence-corrected chi connectivity index (χ4v) is 3.04. The first-order valence-electron chi connectivity index (χ1n) is 7.89. The highest BCUT2D eigenvalue weighted by Crippen LogP contribution is 2.21. The van der Waals surface area contributed by atoms with Gasteiger partial charge in [0.05, 0.1) is 0 Å². The van der Waals surface area contributed by atoms with Crippen LogP contribution in [-0.2, 0) is 6.42 Å². The van der Waals surface area contributed by atoms with Crippen LogP contribution in [-0.4, -0.2) is 19.6 Å². The Hall–Kier alpha value is -1.80. The molecule has 0 aliphatic carbocycles. The third-order valence-electron chi connectivity index (χ3n) is 4.49. The van der Waals surface area contributed by atoms with Crippen LogP contribution in [0.1, 0.15) is 18.1 Å². The van der Waals surface area contributed by atoms with Crippen LogP contribution in [0.4, 0.5) is 5.69 Å². The zero-order valence-electron chi connectivity index (χ0n) is 12.7. The van der Waals surface area contributed by atoms with Crippen LogP contribution in [0.5, 0.6) is 0 Å². The molecule has 21 heavy (non-hydrogen) atoms. The zero-order chi connectivity index (χ0) is 14.5. The summed E-state index contributed by atoms with van der Waals surface area (Å²) in [6, 6.07) is 19.4. The standard InChI is InChI=1S/C19H24N2/c1-15-12-20-13-18(15)14-21-19-10-6-5-9-17(19)11-16-7-3-2-4-8-16/h2-10,15,18,20-21H,11-14H2,1H3/t15-,18+/m1/s1. The third-order valence-corrected chi connectivity index (χ3v) is 4.49. The molecule has 0 bridgehead atoms. The summed E-state index contributed by atoms with van der Waals surface area (Å²) < 4.78 is 0. The fraction of sp³-hybridized carbons (Fsp3) is 0.368. The van der Waals surface area contributed by atoms with Crippen LogP contribution in [0.25, 0.3) is 0 Å². The molecule has 0 saturated carbocycles. The number of benzene rings is 2. The zero-order valence-corrected chi connectivity index (χ0v) is 12.7. The molecule has 2 N–H and O–H groups in total. The first-order valence-corrected chi connectivity index (χ1v) is 7.89. The van der Waals surface area contributed by atoms with Crippen LogP contribution in [0.2, 0.25) is 0 Å². The van der Waals surface area contributed by atoms with Gasteiger partial charge < -0.3 is 10.6 Å². The topological polar surface area (TPSA) is 24.1 Å². The summed E-state index contributed by atoms with van der Waals surface area (Å²) in [5.74, 6) is 1.49. The van der Waals surface area contributed by atoms with Gasteiger partial charge in [0, 0.05) is 12.2 Å². The largest absolute Gasteiger partial charge is 0.384 e. The molecule has 1 fully saturated rings. The average Bonchev–Trinajstić information content (AvgIpc) is 2.93. The monoisotopic (exact) mass is 280 g/mol. The molecule has 3 rings (SSSR count). The summed E-state index contributed by atoms with van der Waals surface area (Å²) in [5, 5.41) is 7.14. The van der Waals surface area contributed by atoms with Gasteiger partial charge in [0.15, 0.2) is 0 Å². The molecule has 2 heteroatoms. The molecule has 2 aromatic carbocycles. The Kier molecular flexibility index (Phi) is 4.56. The number of nitrogens with one attached hydrogen (secondary N) is 2. The third kappa shape index (κ3) is 3.64. The van der Waals surface area contributed by atoms with Gasteiger partial charge in [0.1, 0.15) is 0 Å². The van der Waals surface area contributed by atoms with Crippen molar-refractivity contribution < 1.29 is 0 Å². The maximum Gasteiger partial charge on any atom is 0.0376 e. The second-order valence-corrected chi connectivity index (χ2v) is 6.10. The molecule has 0 amide bonds. The summed E-state index contributed by atoms with van der Waals surface area (Å²) in [6.45, 7) is 5.68. The second kappa shape index (κ2) is 6.77. The van der Waals surface area contributed by atoms with Gasteiger partial charge in [-0.3, -0.25) is 0 Å². The van der Waals surface area contributed by atoms with Gasteiger partial charge in [-0.1, -0.05) is 55.5 Å². The van der Waals surface area contributed by atoms with Gasteiger partial charge >= 0.3 is 0 Å². The first kappa shape index (κ1) is 14.2. The summed E-state index contributed by atoms with van der Waals surface area (Å²) >= 11 is 0. The number of anilines is 1. The lowest BCUT2D eigenvalue weighted by Crippen LogP contribution is -2.21. The molecule has 1 aliphatic heterocycles. The Morgan fingerprint density at radius 2 is 1.76 bits per heavy atom. The van der Waals surface area contributed by atoms with Gasteiger partial charge in [0.2, 0.25) is 0 Å². The minimum Gasteiger partial charge on any atom is -0.384 e. The first-order chi connectivity index (χ1) is 10.3. The fourth-order valence-electron chi connectivity index (χ4n) is 3.04. The number of rotatable bonds is 5. The van der Waals surface area contributed by atoms with E-state index in [9.17, 15) is 0 Å². The SMILES string of the molecule is C[C@@H]1CNC[C@H]1CNc1ccccc1Cc1ccccc1. The Bertz CT molecular complexity index is 565. The Labute approximate surface area is 127 Å². The van der Waals surface area contributed by atoms with Gasteiger partial charge in [-0.05, 0) is 48.5 Å². The van der Waals surface area contributed by atoms with Crippen molar-refractivity contribution >= 4 is 5.69 Å². The molecule has 0 radical (unpaired) electrons. The van der Waals surface area contributed by atoms with E-state index >= 15 is 0 Å². The predicted octanol–water partition coefficient (Wildman–Crippen LogP) is 3.54. The molecule has 0 unspecified atom stereocenters. The molecular formula is C19H24N2. The average molecular weight is 280 g/mol. The smallest absolute Gasteiger partial charge is 0.0376 e. The molecular weight excluding hydrogens is 256 g/mol. The summed E-state index contributed by atoms with van der Waals surface area (Å²) in [7, 11) is 0. The quantitative estimate of drug-likeness (QED) is 0.875. The Morgan fingerprint density at radius 1 is 1.00 bits per heavy atom. The second-order valence-electron chi connectivity index (χ2n) is 6.10. The van der Waals surface area contributed by atoms with Crippen molar-refractivity contribution in [1.82, 2.24) is 5.32 Å². The van der Waals surface area contributed by atoms with E-state index in [0.717, 1.165) is 37.9 Å². The van der Waals surface area contributed by atoms with E-state index in [4.69, 9.17) is 0 Å². The van der Waals surface area contributed by atoms with Crippen LogP contribution in [0, 0.1) is 11.8 Å². The summed E-state index contributed by atoms with van der Waals surface area (Å²) in [6.07, 6.45) is 0.989. The lowest BCUT2D eigenvalue weighted by atomic mass is 9.97. The van der Waals surface area contributed by atoms with Crippen molar-refractivity contribution in [2.45, 2.75) is 13.3 Å². The maximum absolute atomic E-state index is 3.67. The van der Waals surface area contributed by atoms with Crippen LogP contribution in [0.3, 0.4) is 0 Å². The molecule has 1 heterocycles. The van der Waals surface area contributed by atoms with Crippen molar-refractivity contribution in [3.05, 3.63) is 65.7 Å².